The maximum atomic E-state index is 13.7. The maximum absolute atomic E-state index is 13.7. The fraction of sp³-hybridized carbons (Fsp3) is 0.346. The van der Waals surface area contributed by atoms with E-state index in [1.807, 2.05) is 18.2 Å². The van der Waals surface area contributed by atoms with Gasteiger partial charge in [0, 0.05) is 24.0 Å². The molecule has 4 heteroatoms. The van der Waals surface area contributed by atoms with Crippen molar-refractivity contribution in [2.45, 2.75) is 39.5 Å². The third-order valence-corrected chi connectivity index (χ3v) is 5.92. The molecule has 30 heavy (non-hydrogen) atoms. The minimum atomic E-state index is -0.305. The van der Waals surface area contributed by atoms with E-state index < -0.39 is 0 Å². The van der Waals surface area contributed by atoms with E-state index >= 15 is 0 Å². The number of carbonyl (C=O) groups is 1. The molecular weight excluding hydrogens is 376 g/mol. The molecule has 0 amide bonds. The number of carbonyl (C=O) groups excluding carboxylic acids is 1. The van der Waals surface area contributed by atoms with E-state index in [1.54, 1.807) is 0 Å². The van der Waals surface area contributed by atoms with Gasteiger partial charge in [-0.3, -0.25) is 4.79 Å². The lowest BCUT2D eigenvalue weighted by molar-refractivity contribution is 0.0860. The Morgan fingerprint density at radius 2 is 1.87 bits per heavy atom. The second-order valence-electron chi connectivity index (χ2n) is 8.30. The first-order valence-corrected chi connectivity index (χ1v) is 10.3. The van der Waals surface area contributed by atoms with Crippen LogP contribution < -0.4 is 4.74 Å². The van der Waals surface area contributed by atoms with Crippen LogP contribution in [0.1, 0.15) is 55.5 Å². The lowest BCUT2D eigenvalue weighted by Crippen LogP contribution is -2.30. The van der Waals surface area contributed by atoms with Crippen LogP contribution in [-0.2, 0) is 0 Å². The number of Topliss-reactive ketones (excluding diaryl/α,β-unsaturated/α-hetero) is 1. The molecule has 0 radical (unpaired) electrons. The number of aromatic hydroxyl groups is 2. The normalized spacial score (nSPS) is 20.9. The molecule has 0 heterocycles. The van der Waals surface area contributed by atoms with Gasteiger partial charge in [0.15, 0.2) is 5.78 Å². The summed E-state index contributed by atoms with van der Waals surface area (Å²) in [6.45, 7) is 6.20. The predicted octanol–water partition coefficient (Wildman–Crippen LogP) is 6.01. The van der Waals surface area contributed by atoms with Gasteiger partial charge in [0.1, 0.15) is 22.8 Å². The molecule has 2 N–H and O–H groups in total. The van der Waals surface area contributed by atoms with Crippen LogP contribution in [0.5, 0.6) is 17.2 Å². The largest absolute Gasteiger partial charge is 0.508 e. The van der Waals surface area contributed by atoms with Crippen LogP contribution in [0, 0.1) is 11.8 Å². The van der Waals surface area contributed by atoms with Crippen LogP contribution in [0.2, 0.25) is 0 Å². The van der Waals surface area contributed by atoms with Crippen molar-refractivity contribution < 1.29 is 19.7 Å². The van der Waals surface area contributed by atoms with E-state index in [2.05, 4.69) is 45.1 Å². The summed E-state index contributed by atoms with van der Waals surface area (Å²) in [6.07, 6.45) is 5.87. The summed E-state index contributed by atoms with van der Waals surface area (Å²) in [5.74, 6) is -0.462. The molecule has 2 aromatic carbocycles. The Balaban J connectivity index is 2.05. The number of ether oxygens (including phenoxy) is 1. The van der Waals surface area contributed by atoms with E-state index in [4.69, 9.17) is 4.74 Å². The van der Waals surface area contributed by atoms with Gasteiger partial charge in [0.05, 0.1) is 7.11 Å². The van der Waals surface area contributed by atoms with Crippen LogP contribution in [-0.4, -0.2) is 23.1 Å². The third kappa shape index (κ3) is 4.59. The van der Waals surface area contributed by atoms with Crippen molar-refractivity contribution >= 4 is 5.78 Å². The van der Waals surface area contributed by atoms with Crippen molar-refractivity contribution in [3.63, 3.8) is 0 Å². The van der Waals surface area contributed by atoms with Crippen LogP contribution in [0.25, 0.3) is 0 Å². The van der Waals surface area contributed by atoms with E-state index in [-0.39, 0.29) is 46.3 Å². The van der Waals surface area contributed by atoms with E-state index in [9.17, 15) is 15.0 Å². The Morgan fingerprint density at radius 1 is 1.17 bits per heavy atom. The quantitative estimate of drug-likeness (QED) is 0.455. The smallest absolute Gasteiger partial charge is 0.174 e. The zero-order chi connectivity index (χ0) is 21.8. The van der Waals surface area contributed by atoms with Gasteiger partial charge in [-0.15, -0.1) is 0 Å². The number of allylic oxidation sites excluding steroid dienone is 4. The Hall–Kier alpha value is -3.01. The lowest BCUT2D eigenvalue weighted by atomic mass is 9.68. The minimum absolute atomic E-state index is 0.0465. The van der Waals surface area contributed by atoms with Gasteiger partial charge in [-0.1, -0.05) is 53.6 Å². The van der Waals surface area contributed by atoms with E-state index in [0.29, 0.717) is 6.42 Å². The van der Waals surface area contributed by atoms with Crippen LogP contribution in [0.15, 0.2) is 65.8 Å². The Bertz CT molecular complexity index is 968. The number of phenolic OH excluding ortho intramolecular Hbond substituents is 2. The van der Waals surface area contributed by atoms with Crippen molar-refractivity contribution in [2.24, 2.45) is 11.8 Å². The number of phenols is 2. The molecule has 2 aromatic rings. The second kappa shape index (κ2) is 9.21. The van der Waals surface area contributed by atoms with Crippen molar-refractivity contribution in [1.82, 2.24) is 0 Å². The topological polar surface area (TPSA) is 66.8 Å². The molecule has 0 aliphatic heterocycles. The zero-order valence-corrected chi connectivity index (χ0v) is 18.1. The van der Waals surface area contributed by atoms with Gasteiger partial charge in [-0.2, -0.15) is 0 Å². The highest BCUT2D eigenvalue weighted by atomic mass is 16.5. The predicted molar refractivity (Wildman–Crippen MR) is 119 cm³/mol. The zero-order valence-electron chi connectivity index (χ0n) is 18.1. The van der Waals surface area contributed by atoms with Gasteiger partial charge in [0.25, 0.3) is 0 Å². The second-order valence-corrected chi connectivity index (χ2v) is 8.30. The monoisotopic (exact) mass is 406 g/mol. The summed E-state index contributed by atoms with van der Waals surface area (Å²) < 4.78 is 5.32. The SMILES string of the molecule is COc1cc(O)cc(O)c1C(=O)[C@@H]1C[C@@H](c2ccccc2)C=C(C)[C@@H]1CC=C(C)C. The number of methoxy groups -OCH3 is 1. The Morgan fingerprint density at radius 3 is 2.50 bits per heavy atom. The summed E-state index contributed by atoms with van der Waals surface area (Å²) in [7, 11) is 1.43. The number of hydrogen-bond donors (Lipinski definition) is 2. The number of hydrogen-bond acceptors (Lipinski definition) is 4. The number of rotatable bonds is 6. The maximum Gasteiger partial charge on any atom is 0.174 e. The fourth-order valence-electron chi connectivity index (χ4n) is 4.38. The summed E-state index contributed by atoms with van der Waals surface area (Å²) in [4.78, 5) is 13.7. The average Bonchev–Trinajstić information content (AvgIpc) is 2.71. The highest BCUT2D eigenvalue weighted by Gasteiger charge is 2.37. The Labute approximate surface area is 178 Å². The van der Waals surface area contributed by atoms with Crippen molar-refractivity contribution in [1.29, 1.82) is 0 Å². The average molecular weight is 407 g/mol. The minimum Gasteiger partial charge on any atom is -0.508 e. The molecule has 1 aliphatic rings. The van der Waals surface area contributed by atoms with Crippen molar-refractivity contribution in [2.75, 3.05) is 7.11 Å². The van der Waals surface area contributed by atoms with Gasteiger partial charge in [0.2, 0.25) is 0 Å². The molecule has 0 bridgehead atoms. The molecule has 0 unspecified atom stereocenters. The molecule has 158 valence electrons. The molecule has 4 nitrogen and oxygen atoms in total. The Kier molecular flexibility index (Phi) is 6.66. The lowest BCUT2D eigenvalue weighted by Gasteiger charge is -2.34. The highest BCUT2D eigenvalue weighted by molar-refractivity contribution is 6.03. The molecule has 0 fully saturated rings. The molecular formula is C26H30O4. The number of benzene rings is 2. The standard InChI is InChI=1S/C26H30O4/c1-16(2)10-11-21-17(3)12-19(18-8-6-5-7-9-18)13-22(21)26(29)25-23(28)14-20(27)15-24(25)30-4/h5-10,12,14-15,19,21-22,27-28H,11,13H2,1-4H3/t19-,21-,22+/m0/s1. The molecule has 3 atom stereocenters. The van der Waals surface area contributed by atoms with E-state index in [1.165, 1.54) is 36.0 Å². The molecule has 1 aliphatic carbocycles. The van der Waals surface area contributed by atoms with Crippen molar-refractivity contribution in [3.8, 4) is 17.2 Å². The molecule has 0 spiro atoms. The summed E-state index contributed by atoms with van der Waals surface area (Å²) >= 11 is 0. The van der Waals surface area contributed by atoms with Crippen LogP contribution >= 0.6 is 0 Å². The van der Waals surface area contributed by atoms with Gasteiger partial charge < -0.3 is 14.9 Å². The van der Waals surface area contributed by atoms with Crippen molar-refractivity contribution in [3.05, 3.63) is 76.9 Å². The summed E-state index contributed by atoms with van der Waals surface area (Å²) in [5.41, 5.74) is 3.72. The highest BCUT2D eigenvalue weighted by Crippen LogP contribution is 2.44. The number of ketones is 1. The van der Waals surface area contributed by atoms with Gasteiger partial charge >= 0.3 is 0 Å². The summed E-state index contributed by atoms with van der Waals surface area (Å²) in [6, 6.07) is 12.8. The first kappa shape index (κ1) is 21.7. The first-order chi connectivity index (χ1) is 14.3. The summed E-state index contributed by atoms with van der Waals surface area (Å²) in [5, 5.41) is 20.3. The van der Waals surface area contributed by atoms with Crippen LogP contribution in [0.3, 0.4) is 0 Å². The molecule has 3 rings (SSSR count). The molecule has 0 saturated heterocycles. The first-order valence-electron chi connectivity index (χ1n) is 10.3. The third-order valence-electron chi connectivity index (χ3n) is 5.92. The van der Waals surface area contributed by atoms with Gasteiger partial charge in [-0.05, 0) is 45.1 Å². The van der Waals surface area contributed by atoms with E-state index in [0.717, 1.165) is 6.42 Å². The molecule has 0 aromatic heterocycles. The fourth-order valence-corrected chi connectivity index (χ4v) is 4.38. The van der Waals surface area contributed by atoms with Crippen LogP contribution in [0.4, 0.5) is 0 Å². The van der Waals surface area contributed by atoms with Gasteiger partial charge in [-0.25, -0.2) is 0 Å². The molecule has 0 saturated carbocycles.